The molecule has 0 fully saturated rings. The van der Waals surface area contributed by atoms with E-state index in [0.717, 1.165) is 11.1 Å². The van der Waals surface area contributed by atoms with E-state index in [1.165, 1.54) is 0 Å². The van der Waals surface area contributed by atoms with Gasteiger partial charge in [-0.1, -0.05) is 60.7 Å². The average molecular weight is 544 g/mol. The lowest BCUT2D eigenvalue weighted by Gasteiger charge is -2.25. The van der Waals surface area contributed by atoms with Crippen molar-refractivity contribution >= 4 is 42.2 Å². The number of aliphatic carboxylic acids is 1. The maximum atomic E-state index is 13.2. The lowest BCUT2D eigenvalue weighted by molar-refractivity contribution is -0.142. The van der Waals surface area contributed by atoms with Gasteiger partial charge in [-0.2, -0.15) is 12.6 Å². The van der Waals surface area contributed by atoms with E-state index in [1.807, 2.05) is 0 Å². The van der Waals surface area contributed by atoms with Crippen molar-refractivity contribution in [2.75, 3.05) is 5.75 Å². The number of amides is 4. The Hall–Kier alpha value is -3.90. The first-order valence-electron chi connectivity index (χ1n) is 12.0. The Bertz CT molecular complexity index is 1100. The number of carboxylic acids is 1. The van der Waals surface area contributed by atoms with Crippen LogP contribution < -0.4 is 27.4 Å². The highest BCUT2D eigenvalue weighted by atomic mass is 32.1. The standard InChI is InChI=1S/C26H33N5O6S/c27-18(11-12-22(28)32)23(33)31-21(15-38)25(35)29-19(13-16-7-3-1-4-8-16)24(34)30-20(26(36)37)14-17-9-5-2-6-10-17/h1-10,18-21,38H,11-15,27H2,(H2,28,32)(H,29,35)(H,30,34)(H,31,33)(H,36,37). The minimum absolute atomic E-state index is 0.000887. The third kappa shape index (κ3) is 10.2. The van der Waals surface area contributed by atoms with Gasteiger partial charge in [0.2, 0.25) is 23.6 Å². The van der Waals surface area contributed by atoms with E-state index < -0.39 is 53.8 Å². The summed E-state index contributed by atoms with van der Waals surface area (Å²) >= 11 is 4.13. The van der Waals surface area contributed by atoms with Crippen LogP contribution in [0.4, 0.5) is 0 Å². The van der Waals surface area contributed by atoms with Crippen LogP contribution in [0, 0.1) is 0 Å². The van der Waals surface area contributed by atoms with Crippen LogP contribution in [0.3, 0.4) is 0 Å². The summed E-state index contributed by atoms with van der Waals surface area (Å²) in [5, 5.41) is 17.3. The topological polar surface area (TPSA) is 194 Å². The fourth-order valence-corrected chi connectivity index (χ4v) is 3.81. The van der Waals surface area contributed by atoms with Gasteiger partial charge in [0.1, 0.15) is 18.1 Å². The summed E-state index contributed by atoms with van der Waals surface area (Å²) in [4.78, 5) is 61.5. The summed E-state index contributed by atoms with van der Waals surface area (Å²) in [5.74, 6) is -4.03. The molecule has 38 heavy (non-hydrogen) atoms. The number of nitrogens with two attached hydrogens (primary N) is 2. The largest absolute Gasteiger partial charge is 0.480 e. The summed E-state index contributed by atoms with van der Waals surface area (Å²) in [6.45, 7) is 0. The highest BCUT2D eigenvalue weighted by molar-refractivity contribution is 7.80. The van der Waals surface area contributed by atoms with Gasteiger partial charge < -0.3 is 32.5 Å². The van der Waals surface area contributed by atoms with E-state index >= 15 is 0 Å². The molecule has 11 nitrogen and oxygen atoms in total. The van der Waals surface area contributed by atoms with Crippen molar-refractivity contribution in [1.29, 1.82) is 0 Å². The summed E-state index contributed by atoms with van der Waals surface area (Å²) < 4.78 is 0. The van der Waals surface area contributed by atoms with Gasteiger partial charge >= 0.3 is 5.97 Å². The number of rotatable bonds is 15. The molecule has 0 aliphatic heterocycles. The molecular weight excluding hydrogens is 510 g/mol. The Morgan fingerprint density at radius 1 is 0.737 bits per heavy atom. The zero-order valence-electron chi connectivity index (χ0n) is 20.7. The van der Waals surface area contributed by atoms with E-state index in [0.29, 0.717) is 0 Å². The van der Waals surface area contributed by atoms with E-state index in [2.05, 4.69) is 28.6 Å². The lowest BCUT2D eigenvalue weighted by Crippen LogP contribution is -2.58. The van der Waals surface area contributed by atoms with Gasteiger partial charge in [-0.25, -0.2) is 4.79 Å². The molecule has 2 aromatic carbocycles. The number of hydrogen-bond donors (Lipinski definition) is 7. The zero-order chi connectivity index (χ0) is 28.1. The predicted octanol–water partition coefficient (Wildman–Crippen LogP) is -0.467. The molecule has 0 aliphatic rings. The zero-order valence-corrected chi connectivity index (χ0v) is 21.6. The van der Waals surface area contributed by atoms with Crippen LogP contribution >= 0.6 is 12.6 Å². The van der Waals surface area contributed by atoms with Crippen molar-refractivity contribution in [3.63, 3.8) is 0 Å². The smallest absolute Gasteiger partial charge is 0.326 e. The monoisotopic (exact) mass is 543 g/mol. The van der Waals surface area contributed by atoms with E-state index in [4.69, 9.17) is 11.5 Å². The summed E-state index contributed by atoms with van der Waals surface area (Å²) in [5.41, 5.74) is 12.3. The Morgan fingerprint density at radius 2 is 1.18 bits per heavy atom. The summed E-state index contributed by atoms with van der Waals surface area (Å²) in [7, 11) is 0. The summed E-state index contributed by atoms with van der Waals surface area (Å²) in [6.07, 6.45) is 0.0202. The molecule has 12 heteroatoms. The number of carbonyl (C=O) groups excluding carboxylic acids is 4. The maximum Gasteiger partial charge on any atom is 0.326 e. The number of primary amides is 1. The fraction of sp³-hybridized carbons (Fsp3) is 0.346. The molecule has 0 bridgehead atoms. The van der Waals surface area contributed by atoms with Gasteiger partial charge in [0.05, 0.1) is 6.04 Å². The quantitative estimate of drug-likeness (QED) is 0.148. The molecule has 0 aliphatic carbocycles. The minimum Gasteiger partial charge on any atom is -0.480 e. The van der Waals surface area contributed by atoms with Crippen LogP contribution in [0.15, 0.2) is 60.7 Å². The maximum absolute atomic E-state index is 13.2. The van der Waals surface area contributed by atoms with Gasteiger partial charge in [-0.15, -0.1) is 0 Å². The molecule has 0 heterocycles. The number of thiol groups is 1. The van der Waals surface area contributed by atoms with Crippen molar-refractivity contribution in [3.8, 4) is 0 Å². The van der Waals surface area contributed by atoms with Crippen molar-refractivity contribution < 1.29 is 29.1 Å². The number of hydrogen-bond acceptors (Lipinski definition) is 7. The van der Waals surface area contributed by atoms with Crippen molar-refractivity contribution in [2.24, 2.45) is 11.5 Å². The molecule has 2 aromatic rings. The Balaban J connectivity index is 2.15. The highest BCUT2D eigenvalue weighted by Gasteiger charge is 2.30. The second kappa shape index (κ2) is 15.4. The number of nitrogens with one attached hydrogen (secondary N) is 3. The number of carbonyl (C=O) groups is 5. The van der Waals surface area contributed by atoms with Crippen molar-refractivity contribution in [1.82, 2.24) is 16.0 Å². The second-order valence-electron chi connectivity index (χ2n) is 8.70. The Labute approximate surface area is 226 Å². The molecule has 0 saturated heterocycles. The lowest BCUT2D eigenvalue weighted by atomic mass is 10.0. The molecular formula is C26H33N5O6S. The van der Waals surface area contributed by atoms with Crippen molar-refractivity contribution in [2.45, 2.75) is 49.9 Å². The Morgan fingerprint density at radius 3 is 1.66 bits per heavy atom. The van der Waals surface area contributed by atoms with Crippen LogP contribution in [0.25, 0.3) is 0 Å². The highest BCUT2D eigenvalue weighted by Crippen LogP contribution is 2.08. The third-order valence-corrected chi connectivity index (χ3v) is 6.03. The Kier molecular flexibility index (Phi) is 12.3. The van der Waals surface area contributed by atoms with Crippen molar-refractivity contribution in [3.05, 3.63) is 71.8 Å². The van der Waals surface area contributed by atoms with Gasteiger partial charge in [0.15, 0.2) is 0 Å². The van der Waals surface area contributed by atoms with Gasteiger partial charge in [-0.05, 0) is 17.5 Å². The average Bonchev–Trinajstić information content (AvgIpc) is 2.90. The molecule has 0 radical (unpaired) electrons. The van der Waals surface area contributed by atoms with Crippen LogP contribution in [0.1, 0.15) is 24.0 Å². The molecule has 4 atom stereocenters. The second-order valence-corrected chi connectivity index (χ2v) is 9.06. The molecule has 204 valence electrons. The molecule has 4 amide bonds. The fourth-order valence-electron chi connectivity index (χ4n) is 3.56. The minimum atomic E-state index is -1.23. The first-order valence-corrected chi connectivity index (χ1v) is 12.6. The SMILES string of the molecule is NC(=O)CCC(N)C(=O)NC(CS)C(=O)NC(Cc1ccccc1)C(=O)NC(Cc1ccccc1)C(=O)O. The summed E-state index contributed by atoms with van der Waals surface area (Å²) in [6, 6.07) is 13.1. The molecule has 8 N–H and O–H groups in total. The van der Waals surface area contributed by atoms with Gasteiger partial charge in [0.25, 0.3) is 0 Å². The normalized spacial score (nSPS) is 13.8. The molecule has 2 rings (SSSR count). The molecule has 0 saturated carbocycles. The van der Waals surface area contributed by atoms with E-state index in [9.17, 15) is 29.1 Å². The first kappa shape index (κ1) is 30.3. The number of benzene rings is 2. The first-order chi connectivity index (χ1) is 18.1. The molecule has 0 aromatic heterocycles. The van der Waals surface area contributed by atoms with Gasteiger partial charge in [-0.3, -0.25) is 19.2 Å². The number of carboxylic acid groups (broad SMARTS) is 1. The van der Waals surface area contributed by atoms with Crippen LogP contribution in [0.2, 0.25) is 0 Å². The van der Waals surface area contributed by atoms with Crippen LogP contribution in [0.5, 0.6) is 0 Å². The van der Waals surface area contributed by atoms with E-state index in [1.54, 1.807) is 60.7 Å². The van der Waals surface area contributed by atoms with Crippen LogP contribution in [-0.4, -0.2) is 64.6 Å². The molecule has 4 unspecified atom stereocenters. The third-order valence-electron chi connectivity index (χ3n) is 5.67. The molecule has 0 spiro atoms. The van der Waals surface area contributed by atoms with Gasteiger partial charge in [0, 0.05) is 25.0 Å². The predicted molar refractivity (Wildman–Crippen MR) is 144 cm³/mol. The van der Waals surface area contributed by atoms with E-state index in [-0.39, 0.29) is 31.4 Å². The van der Waals surface area contributed by atoms with Crippen LogP contribution in [-0.2, 0) is 36.8 Å².